The van der Waals surface area contributed by atoms with Gasteiger partial charge in [0, 0.05) is 30.1 Å². The van der Waals surface area contributed by atoms with Crippen LogP contribution in [0.15, 0.2) is 48.7 Å². The van der Waals surface area contributed by atoms with Gasteiger partial charge < -0.3 is 20.1 Å². The maximum Gasteiger partial charge on any atom is 0.231 e. The Balaban J connectivity index is 1.67. The Morgan fingerprint density at radius 3 is 2.74 bits per heavy atom. The minimum atomic E-state index is 0.249. The van der Waals surface area contributed by atoms with Crippen LogP contribution in [0.1, 0.15) is 20.3 Å². The van der Waals surface area contributed by atoms with Crippen LogP contribution < -0.4 is 20.1 Å². The Labute approximate surface area is 157 Å². The molecule has 7 nitrogen and oxygen atoms in total. The first-order chi connectivity index (χ1) is 13.2. The van der Waals surface area contributed by atoms with Crippen LogP contribution in [-0.4, -0.2) is 27.8 Å². The van der Waals surface area contributed by atoms with Gasteiger partial charge in [-0.1, -0.05) is 13.0 Å². The molecule has 0 bridgehead atoms. The van der Waals surface area contributed by atoms with Crippen LogP contribution in [0, 0.1) is 0 Å². The highest BCUT2D eigenvalue weighted by atomic mass is 16.7. The van der Waals surface area contributed by atoms with E-state index < -0.39 is 0 Å². The lowest BCUT2D eigenvalue weighted by Crippen LogP contribution is -2.16. The first-order valence-electron chi connectivity index (χ1n) is 8.95. The van der Waals surface area contributed by atoms with Gasteiger partial charge in [-0.15, -0.1) is 0 Å². The minimum absolute atomic E-state index is 0.249. The lowest BCUT2D eigenvalue weighted by Gasteiger charge is -2.14. The maximum absolute atomic E-state index is 5.44. The number of hydrogen-bond acceptors (Lipinski definition) is 7. The predicted octanol–water partition coefficient (Wildman–Crippen LogP) is 4.22. The van der Waals surface area contributed by atoms with E-state index in [9.17, 15) is 0 Å². The summed E-state index contributed by atoms with van der Waals surface area (Å²) < 4.78 is 10.8. The number of benzene rings is 1. The van der Waals surface area contributed by atoms with Crippen LogP contribution >= 0.6 is 0 Å². The number of aromatic nitrogens is 3. The first kappa shape index (κ1) is 17.1. The molecule has 0 spiro atoms. The monoisotopic (exact) mass is 363 g/mol. The third kappa shape index (κ3) is 3.92. The van der Waals surface area contributed by atoms with Crippen LogP contribution in [0.4, 0.5) is 17.5 Å². The second kappa shape index (κ2) is 7.49. The molecule has 138 valence electrons. The van der Waals surface area contributed by atoms with E-state index in [1.807, 2.05) is 42.5 Å². The van der Waals surface area contributed by atoms with Crippen molar-refractivity contribution in [3.8, 4) is 22.9 Å². The Kier molecular flexibility index (Phi) is 4.74. The molecule has 7 heteroatoms. The number of nitrogens with one attached hydrogen (secondary N) is 2. The fourth-order valence-corrected chi connectivity index (χ4v) is 2.67. The number of hydrogen-bond donors (Lipinski definition) is 2. The number of pyridine rings is 1. The van der Waals surface area contributed by atoms with E-state index >= 15 is 0 Å². The van der Waals surface area contributed by atoms with Crippen LogP contribution in [-0.2, 0) is 0 Å². The van der Waals surface area contributed by atoms with Gasteiger partial charge in [0.1, 0.15) is 5.82 Å². The summed E-state index contributed by atoms with van der Waals surface area (Å²) in [6.45, 7) is 4.47. The largest absolute Gasteiger partial charge is 0.454 e. The molecule has 0 aliphatic carbocycles. The summed E-state index contributed by atoms with van der Waals surface area (Å²) in [4.78, 5) is 13.6. The molecule has 1 aromatic carbocycles. The Morgan fingerprint density at radius 1 is 1.04 bits per heavy atom. The van der Waals surface area contributed by atoms with Crippen molar-refractivity contribution >= 4 is 17.5 Å². The topological polar surface area (TPSA) is 81.2 Å². The van der Waals surface area contributed by atoms with Gasteiger partial charge in [-0.05, 0) is 37.6 Å². The summed E-state index contributed by atoms with van der Waals surface area (Å²) >= 11 is 0. The molecule has 1 aliphatic rings. The average molecular weight is 363 g/mol. The van der Waals surface area contributed by atoms with E-state index in [-0.39, 0.29) is 12.8 Å². The summed E-state index contributed by atoms with van der Waals surface area (Å²) in [6, 6.07) is 13.6. The van der Waals surface area contributed by atoms with E-state index in [1.165, 1.54) is 0 Å². The minimum Gasteiger partial charge on any atom is -0.454 e. The predicted molar refractivity (Wildman–Crippen MR) is 104 cm³/mol. The fraction of sp³-hybridized carbons (Fsp3) is 0.250. The van der Waals surface area contributed by atoms with Gasteiger partial charge in [0.25, 0.3) is 0 Å². The van der Waals surface area contributed by atoms with Crippen LogP contribution in [0.2, 0.25) is 0 Å². The zero-order valence-electron chi connectivity index (χ0n) is 15.3. The molecule has 0 fully saturated rings. The molecular formula is C20H21N5O2. The number of nitrogens with zero attached hydrogens (tertiary/aromatic N) is 3. The van der Waals surface area contributed by atoms with E-state index in [4.69, 9.17) is 9.47 Å². The lowest BCUT2D eigenvalue weighted by molar-refractivity contribution is 0.174. The fourth-order valence-electron chi connectivity index (χ4n) is 2.67. The number of ether oxygens (including phenoxy) is 2. The van der Waals surface area contributed by atoms with Gasteiger partial charge in [-0.25, -0.2) is 4.98 Å². The summed E-state index contributed by atoms with van der Waals surface area (Å²) in [5.41, 5.74) is 2.40. The molecule has 3 heterocycles. The zero-order chi connectivity index (χ0) is 18.6. The Hall–Kier alpha value is -3.35. The standard InChI is InChI=1S/C20H21N5O2/c1-3-13(2)22-20-24-16(15-6-4-5-9-21-15)11-19(25-20)23-14-7-8-17-18(10-14)27-12-26-17/h4-11,13H,3,12H2,1-2H3,(H2,22,23,24,25)/t13-/m1/s1. The summed E-state index contributed by atoms with van der Waals surface area (Å²) in [6.07, 6.45) is 2.73. The van der Waals surface area contributed by atoms with Crippen molar-refractivity contribution in [3.63, 3.8) is 0 Å². The Bertz CT molecular complexity index is 933. The highest BCUT2D eigenvalue weighted by molar-refractivity contribution is 5.67. The van der Waals surface area contributed by atoms with Gasteiger partial charge in [0.2, 0.25) is 12.7 Å². The van der Waals surface area contributed by atoms with Crippen molar-refractivity contribution in [2.45, 2.75) is 26.3 Å². The molecule has 4 rings (SSSR count). The summed E-state index contributed by atoms with van der Waals surface area (Å²) in [5.74, 6) is 2.71. The smallest absolute Gasteiger partial charge is 0.231 e. The van der Waals surface area contributed by atoms with Crippen molar-refractivity contribution < 1.29 is 9.47 Å². The number of anilines is 3. The molecule has 27 heavy (non-hydrogen) atoms. The maximum atomic E-state index is 5.44. The second-order valence-corrected chi connectivity index (χ2v) is 6.32. The molecule has 3 aromatic rings. The van der Waals surface area contributed by atoms with Crippen LogP contribution in [0.3, 0.4) is 0 Å². The molecule has 0 saturated heterocycles. The van der Waals surface area contributed by atoms with Gasteiger partial charge in [0.05, 0.1) is 11.4 Å². The SMILES string of the molecule is CC[C@@H](C)Nc1nc(Nc2ccc3c(c2)OCO3)cc(-c2ccccn2)n1. The van der Waals surface area contributed by atoms with E-state index in [2.05, 4.69) is 39.4 Å². The highest BCUT2D eigenvalue weighted by Gasteiger charge is 2.14. The molecule has 0 amide bonds. The quantitative estimate of drug-likeness (QED) is 0.678. The highest BCUT2D eigenvalue weighted by Crippen LogP contribution is 2.35. The van der Waals surface area contributed by atoms with Crippen molar-refractivity contribution in [3.05, 3.63) is 48.7 Å². The van der Waals surface area contributed by atoms with Crippen molar-refractivity contribution in [1.82, 2.24) is 15.0 Å². The van der Waals surface area contributed by atoms with Crippen molar-refractivity contribution in [2.75, 3.05) is 17.4 Å². The molecule has 2 aromatic heterocycles. The van der Waals surface area contributed by atoms with Crippen molar-refractivity contribution in [2.24, 2.45) is 0 Å². The zero-order valence-corrected chi connectivity index (χ0v) is 15.3. The van der Waals surface area contributed by atoms with Crippen LogP contribution in [0.5, 0.6) is 11.5 Å². The molecule has 2 N–H and O–H groups in total. The molecule has 1 aliphatic heterocycles. The number of rotatable bonds is 6. The third-order valence-electron chi connectivity index (χ3n) is 4.29. The van der Waals surface area contributed by atoms with Gasteiger partial charge in [0.15, 0.2) is 11.5 Å². The van der Waals surface area contributed by atoms with E-state index in [1.54, 1.807) is 6.20 Å². The van der Waals surface area contributed by atoms with Crippen LogP contribution in [0.25, 0.3) is 11.4 Å². The summed E-state index contributed by atoms with van der Waals surface area (Å²) in [5, 5.41) is 6.66. The van der Waals surface area contributed by atoms with E-state index in [0.717, 1.165) is 35.0 Å². The normalized spacial score (nSPS) is 13.3. The number of fused-ring (bicyclic) bond motifs is 1. The Morgan fingerprint density at radius 2 is 1.93 bits per heavy atom. The van der Waals surface area contributed by atoms with Gasteiger partial charge in [-0.2, -0.15) is 4.98 Å². The second-order valence-electron chi connectivity index (χ2n) is 6.32. The van der Waals surface area contributed by atoms with E-state index in [0.29, 0.717) is 11.8 Å². The van der Waals surface area contributed by atoms with Gasteiger partial charge in [-0.3, -0.25) is 4.98 Å². The van der Waals surface area contributed by atoms with Gasteiger partial charge >= 0.3 is 0 Å². The first-order valence-corrected chi connectivity index (χ1v) is 8.95. The lowest BCUT2D eigenvalue weighted by atomic mass is 10.2. The molecule has 1 atom stereocenters. The molecule has 0 saturated carbocycles. The molecule has 0 radical (unpaired) electrons. The molecular weight excluding hydrogens is 342 g/mol. The van der Waals surface area contributed by atoms with Crippen molar-refractivity contribution in [1.29, 1.82) is 0 Å². The molecule has 0 unspecified atom stereocenters. The third-order valence-corrected chi connectivity index (χ3v) is 4.29. The summed E-state index contributed by atoms with van der Waals surface area (Å²) in [7, 11) is 0. The average Bonchev–Trinajstić information content (AvgIpc) is 3.16.